The first kappa shape index (κ1) is 15.2. The van der Waals surface area contributed by atoms with Crippen molar-refractivity contribution in [3.8, 4) is 0 Å². The smallest absolute Gasteiger partial charge is 0.360 e. The molecule has 23 heavy (non-hydrogen) atoms. The maximum Gasteiger partial charge on any atom is 0.360 e. The monoisotopic (exact) mass is 327 g/mol. The number of para-hydroxylation sites is 3. The van der Waals surface area contributed by atoms with Gasteiger partial charge < -0.3 is 10.1 Å². The van der Waals surface area contributed by atoms with Crippen LogP contribution < -0.4 is 5.32 Å². The van der Waals surface area contributed by atoms with E-state index < -0.39 is 5.97 Å². The van der Waals surface area contributed by atoms with Crippen LogP contribution in [0.5, 0.6) is 0 Å². The van der Waals surface area contributed by atoms with E-state index in [4.69, 9.17) is 16.3 Å². The molecule has 1 N–H and O–H groups in total. The van der Waals surface area contributed by atoms with Crippen LogP contribution in [0.15, 0.2) is 48.5 Å². The van der Waals surface area contributed by atoms with E-state index in [1.807, 2.05) is 30.3 Å². The van der Waals surface area contributed by atoms with Gasteiger partial charge in [0.25, 0.3) is 0 Å². The second-order valence-electron chi connectivity index (χ2n) is 4.73. The van der Waals surface area contributed by atoms with Crippen LogP contribution in [-0.4, -0.2) is 22.5 Å². The van der Waals surface area contributed by atoms with Crippen LogP contribution in [0.4, 0.5) is 11.5 Å². The fourth-order valence-corrected chi connectivity index (χ4v) is 2.30. The van der Waals surface area contributed by atoms with Crippen LogP contribution in [0.3, 0.4) is 0 Å². The van der Waals surface area contributed by atoms with E-state index in [9.17, 15) is 4.79 Å². The molecule has 0 radical (unpaired) electrons. The number of benzene rings is 2. The number of nitrogens with zero attached hydrogens (tertiary/aromatic N) is 2. The first-order valence-electron chi connectivity index (χ1n) is 7.14. The Balaban J connectivity index is 2.11. The average molecular weight is 328 g/mol. The summed E-state index contributed by atoms with van der Waals surface area (Å²) in [6, 6.07) is 14.5. The van der Waals surface area contributed by atoms with E-state index in [1.54, 1.807) is 25.1 Å². The van der Waals surface area contributed by atoms with Crippen molar-refractivity contribution >= 4 is 40.1 Å². The van der Waals surface area contributed by atoms with Crippen molar-refractivity contribution < 1.29 is 9.53 Å². The summed E-state index contributed by atoms with van der Waals surface area (Å²) in [5.74, 6) is -0.212. The van der Waals surface area contributed by atoms with Gasteiger partial charge in [0.2, 0.25) is 0 Å². The van der Waals surface area contributed by atoms with Gasteiger partial charge in [0.15, 0.2) is 11.5 Å². The molecule has 0 bridgehead atoms. The molecule has 3 aromatic rings. The highest BCUT2D eigenvalue weighted by molar-refractivity contribution is 6.33. The third-order valence-corrected chi connectivity index (χ3v) is 3.50. The molecule has 1 heterocycles. The fraction of sp³-hybridized carbons (Fsp3) is 0.118. The second kappa shape index (κ2) is 6.62. The highest BCUT2D eigenvalue weighted by Gasteiger charge is 2.18. The van der Waals surface area contributed by atoms with Crippen LogP contribution in [-0.2, 0) is 4.74 Å². The molecule has 0 fully saturated rings. The molecule has 0 amide bonds. The van der Waals surface area contributed by atoms with Crippen molar-refractivity contribution in [1.82, 2.24) is 9.97 Å². The van der Waals surface area contributed by atoms with Gasteiger partial charge in [-0.25, -0.2) is 14.8 Å². The number of hydrogen-bond donors (Lipinski definition) is 1. The van der Waals surface area contributed by atoms with Gasteiger partial charge in [0, 0.05) is 0 Å². The Labute approximate surface area is 138 Å². The number of esters is 1. The summed E-state index contributed by atoms with van der Waals surface area (Å²) in [6.45, 7) is 2.01. The minimum Gasteiger partial charge on any atom is -0.461 e. The highest BCUT2D eigenvalue weighted by Crippen LogP contribution is 2.26. The lowest BCUT2D eigenvalue weighted by Crippen LogP contribution is -2.12. The molecule has 0 aliphatic carbocycles. The zero-order valence-corrected chi connectivity index (χ0v) is 13.2. The van der Waals surface area contributed by atoms with Gasteiger partial charge in [-0.3, -0.25) is 0 Å². The molecule has 0 aliphatic heterocycles. The SMILES string of the molecule is CCOC(=O)c1nc2ccccc2nc1Nc1ccccc1Cl. The Morgan fingerprint density at radius 3 is 2.43 bits per heavy atom. The maximum atomic E-state index is 12.2. The quantitative estimate of drug-likeness (QED) is 0.727. The first-order chi connectivity index (χ1) is 11.2. The fourth-order valence-electron chi connectivity index (χ4n) is 2.12. The zero-order chi connectivity index (χ0) is 16.2. The minimum absolute atomic E-state index is 0.130. The van der Waals surface area contributed by atoms with Crippen molar-refractivity contribution in [2.75, 3.05) is 11.9 Å². The van der Waals surface area contributed by atoms with Gasteiger partial charge in [0.05, 0.1) is 28.4 Å². The van der Waals surface area contributed by atoms with Gasteiger partial charge in [-0.15, -0.1) is 0 Å². The summed E-state index contributed by atoms with van der Waals surface area (Å²) in [6.07, 6.45) is 0. The molecular weight excluding hydrogens is 314 g/mol. The van der Waals surface area contributed by atoms with Crippen LogP contribution in [0, 0.1) is 0 Å². The van der Waals surface area contributed by atoms with E-state index in [-0.39, 0.29) is 12.3 Å². The Bertz CT molecular complexity index is 867. The first-order valence-corrected chi connectivity index (χ1v) is 7.52. The molecule has 2 aromatic carbocycles. The predicted molar refractivity (Wildman–Crippen MR) is 90.2 cm³/mol. The van der Waals surface area contributed by atoms with Crippen molar-refractivity contribution in [2.45, 2.75) is 6.92 Å². The summed E-state index contributed by atoms with van der Waals surface area (Å²) in [5.41, 5.74) is 2.07. The van der Waals surface area contributed by atoms with Gasteiger partial charge in [0.1, 0.15) is 0 Å². The third kappa shape index (κ3) is 3.24. The van der Waals surface area contributed by atoms with E-state index >= 15 is 0 Å². The van der Waals surface area contributed by atoms with Crippen LogP contribution in [0.1, 0.15) is 17.4 Å². The number of fused-ring (bicyclic) bond motifs is 1. The Morgan fingerprint density at radius 2 is 1.74 bits per heavy atom. The van der Waals surface area contributed by atoms with Crippen LogP contribution in [0.2, 0.25) is 5.02 Å². The molecule has 0 unspecified atom stereocenters. The van der Waals surface area contributed by atoms with Crippen LogP contribution in [0.25, 0.3) is 11.0 Å². The van der Waals surface area contributed by atoms with E-state index in [0.717, 1.165) is 0 Å². The molecule has 6 heteroatoms. The largest absolute Gasteiger partial charge is 0.461 e. The highest BCUT2D eigenvalue weighted by atomic mass is 35.5. The third-order valence-electron chi connectivity index (χ3n) is 3.17. The Morgan fingerprint density at radius 1 is 1.09 bits per heavy atom. The lowest BCUT2D eigenvalue weighted by atomic mass is 10.2. The summed E-state index contributed by atoms with van der Waals surface area (Å²) < 4.78 is 5.07. The molecule has 5 nitrogen and oxygen atoms in total. The maximum absolute atomic E-state index is 12.2. The average Bonchev–Trinajstić information content (AvgIpc) is 2.56. The van der Waals surface area contributed by atoms with Gasteiger partial charge in [-0.05, 0) is 31.2 Å². The van der Waals surface area contributed by atoms with Crippen molar-refractivity contribution in [3.05, 3.63) is 59.2 Å². The van der Waals surface area contributed by atoms with Crippen LogP contribution >= 0.6 is 11.6 Å². The molecule has 0 spiro atoms. The Hall–Kier alpha value is -2.66. The zero-order valence-electron chi connectivity index (χ0n) is 12.4. The van der Waals surface area contributed by atoms with Gasteiger partial charge in [-0.1, -0.05) is 35.9 Å². The number of rotatable bonds is 4. The van der Waals surface area contributed by atoms with Crippen molar-refractivity contribution in [2.24, 2.45) is 0 Å². The number of hydrogen-bond acceptors (Lipinski definition) is 5. The number of halogens is 1. The molecule has 3 rings (SSSR count). The van der Waals surface area contributed by atoms with Gasteiger partial charge in [-0.2, -0.15) is 0 Å². The number of carbonyl (C=O) groups is 1. The van der Waals surface area contributed by atoms with E-state index in [0.29, 0.717) is 27.6 Å². The molecule has 0 atom stereocenters. The molecule has 1 aromatic heterocycles. The number of anilines is 2. The number of carbonyl (C=O) groups excluding carboxylic acids is 1. The van der Waals surface area contributed by atoms with E-state index in [1.165, 1.54) is 0 Å². The lowest BCUT2D eigenvalue weighted by Gasteiger charge is -2.12. The molecule has 0 saturated heterocycles. The van der Waals surface area contributed by atoms with E-state index in [2.05, 4.69) is 15.3 Å². The standard InChI is InChI=1S/C17H14ClN3O2/c1-2-23-17(22)15-16(20-12-8-4-3-7-11(12)18)21-14-10-6-5-9-13(14)19-15/h3-10H,2H2,1H3,(H,20,21). The summed E-state index contributed by atoms with van der Waals surface area (Å²) in [4.78, 5) is 21.0. The van der Waals surface area contributed by atoms with Crippen molar-refractivity contribution in [1.29, 1.82) is 0 Å². The summed E-state index contributed by atoms with van der Waals surface area (Å²) in [5, 5.41) is 3.59. The topological polar surface area (TPSA) is 64.1 Å². The number of nitrogens with one attached hydrogen (secondary N) is 1. The normalized spacial score (nSPS) is 10.5. The summed E-state index contributed by atoms with van der Waals surface area (Å²) >= 11 is 6.16. The second-order valence-corrected chi connectivity index (χ2v) is 5.14. The minimum atomic E-state index is -0.527. The van der Waals surface area contributed by atoms with Crippen molar-refractivity contribution in [3.63, 3.8) is 0 Å². The Kier molecular flexibility index (Phi) is 4.39. The molecular formula is C17H14ClN3O2. The lowest BCUT2D eigenvalue weighted by molar-refractivity contribution is 0.0521. The number of aromatic nitrogens is 2. The molecule has 0 saturated carbocycles. The number of ether oxygens (including phenoxy) is 1. The predicted octanol–water partition coefficient (Wildman–Crippen LogP) is 4.20. The molecule has 116 valence electrons. The van der Waals surface area contributed by atoms with Gasteiger partial charge >= 0.3 is 5.97 Å². The molecule has 0 aliphatic rings. The summed E-state index contributed by atoms with van der Waals surface area (Å²) in [7, 11) is 0.